The van der Waals surface area contributed by atoms with E-state index >= 15 is 0 Å². The molecule has 6 N–H and O–H groups in total. The molecule has 0 saturated carbocycles. The highest BCUT2D eigenvalue weighted by atomic mass is 16.4. The molecule has 3 rings (SSSR count). The van der Waals surface area contributed by atoms with Gasteiger partial charge < -0.3 is 30.6 Å². The SMILES string of the molecule is O=C(O)c1ccc(C(=O)O)c(-c2c(C(=O)O)ccc(C(=O)O)c2-c2cc(C(=O)O)ccc2C(=O)O)c1. The topological polar surface area (TPSA) is 224 Å². The molecule has 0 aliphatic heterocycles. The van der Waals surface area contributed by atoms with Crippen LogP contribution in [0, 0.1) is 0 Å². The molecule has 36 heavy (non-hydrogen) atoms. The average Bonchev–Trinajstić information content (AvgIpc) is 2.81. The molecule has 0 atom stereocenters. The van der Waals surface area contributed by atoms with Crippen molar-refractivity contribution in [3.05, 3.63) is 81.9 Å². The number of carboxylic acid groups (broad SMARTS) is 6. The quantitative estimate of drug-likeness (QED) is 0.265. The summed E-state index contributed by atoms with van der Waals surface area (Å²) in [5, 5.41) is 57.9. The second-order valence-electron chi connectivity index (χ2n) is 7.26. The Morgan fingerprint density at radius 1 is 0.389 bits per heavy atom. The van der Waals surface area contributed by atoms with Gasteiger partial charge in [-0.3, -0.25) is 0 Å². The zero-order valence-electron chi connectivity index (χ0n) is 17.8. The molecule has 0 aliphatic rings. The van der Waals surface area contributed by atoms with E-state index in [2.05, 4.69) is 0 Å². The molecule has 12 heteroatoms. The number of benzene rings is 3. The second-order valence-corrected chi connectivity index (χ2v) is 7.26. The number of carbonyl (C=O) groups is 6. The van der Waals surface area contributed by atoms with Crippen LogP contribution in [0.1, 0.15) is 62.1 Å². The monoisotopic (exact) mass is 494 g/mol. The van der Waals surface area contributed by atoms with Crippen molar-refractivity contribution >= 4 is 35.8 Å². The molecule has 0 aromatic heterocycles. The van der Waals surface area contributed by atoms with E-state index < -0.39 is 91.5 Å². The fourth-order valence-corrected chi connectivity index (χ4v) is 3.66. The van der Waals surface area contributed by atoms with Gasteiger partial charge in [-0.05, 0) is 59.7 Å². The lowest BCUT2D eigenvalue weighted by Crippen LogP contribution is -2.12. The number of carboxylic acids is 6. The first-order chi connectivity index (χ1) is 16.8. The van der Waals surface area contributed by atoms with Crippen molar-refractivity contribution in [2.45, 2.75) is 0 Å². The predicted molar refractivity (Wildman–Crippen MR) is 119 cm³/mol. The maximum atomic E-state index is 12.1. The van der Waals surface area contributed by atoms with Gasteiger partial charge in [0.1, 0.15) is 0 Å². The number of aromatic carboxylic acids is 6. The molecular formula is C24H14O12. The van der Waals surface area contributed by atoms with Crippen LogP contribution >= 0.6 is 0 Å². The molecule has 0 aliphatic carbocycles. The third-order valence-corrected chi connectivity index (χ3v) is 5.20. The molecule has 3 aromatic rings. The summed E-state index contributed by atoms with van der Waals surface area (Å²) in [5.74, 6) is -9.62. The predicted octanol–water partition coefficient (Wildman–Crippen LogP) is 3.21. The molecule has 0 fully saturated rings. The minimum Gasteiger partial charge on any atom is -0.478 e. The number of hydrogen-bond acceptors (Lipinski definition) is 6. The molecule has 182 valence electrons. The zero-order valence-corrected chi connectivity index (χ0v) is 17.8. The van der Waals surface area contributed by atoms with Gasteiger partial charge in [-0.2, -0.15) is 0 Å². The smallest absolute Gasteiger partial charge is 0.336 e. The summed E-state index contributed by atoms with van der Waals surface area (Å²) in [5.41, 5.74) is -5.85. The molecule has 0 bridgehead atoms. The van der Waals surface area contributed by atoms with Crippen molar-refractivity contribution in [1.82, 2.24) is 0 Å². The lowest BCUT2D eigenvalue weighted by atomic mass is 9.82. The van der Waals surface area contributed by atoms with E-state index in [0.29, 0.717) is 0 Å². The molecule has 3 aromatic carbocycles. The minimum absolute atomic E-state index is 0.476. The molecule has 0 spiro atoms. The van der Waals surface area contributed by atoms with Crippen molar-refractivity contribution < 1.29 is 59.4 Å². The fourth-order valence-electron chi connectivity index (χ4n) is 3.66. The maximum Gasteiger partial charge on any atom is 0.336 e. The highest BCUT2D eigenvalue weighted by Gasteiger charge is 2.29. The summed E-state index contributed by atoms with van der Waals surface area (Å²) in [6, 6.07) is 6.91. The van der Waals surface area contributed by atoms with Crippen LogP contribution in [-0.4, -0.2) is 66.5 Å². The van der Waals surface area contributed by atoms with Crippen LogP contribution in [0.15, 0.2) is 48.5 Å². The van der Waals surface area contributed by atoms with Crippen molar-refractivity contribution in [3.63, 3.8) is 0 Å². The van der Waals surface area contributed by atoms with Crippen molar-refractivity contribution in [1.29, 1.82) is 0 Å². The van der Waals surface area contributed by atoms with Crippen LogP contribution in [0.5, 0.6) is 0 Å². The summed E-state index contributed by atoms with van der Waals surface area (Å²) in [6.45, 7) is 0. The van der Waals surface area contributed by atoms with Crippen LogP contribution in [0.2, 0.25) is 0 Å². The van der Waals surface area contributed by atoms with Gasteiger partial charge in [0.05, 0.1) is 33.4 Å². The third-order valence-electron chi connectivity index (χ3n) is 5.20. The summed E-state index contributed by atoms with van der Waals surface area (Å²) in [7, 11) is 0. The number of rotatable bonds is 8. The Hall–Kier alpha value is -5.52. The second kappa shape index (κ2) is 9.38. The van der Waals surface area contributed by atoms with Gasteiger partial charge in [0.2, 0.25) is 0 Å². The molecule has 0 amide bonds. The van der Waals surface area contributed by atoms with Crippen LogP contribution in [0.25, 0.3) is 22.3 Å². The minimum atomic E-state index is -1.67. The first kappa shape index (κ1) is 25.1. The molecule has 12 nitrogen and oxygen atoms in total. The van der Waals surface area contributed by atoms with Gasteiger partial charge in [-0.25, -0.2) is 28.8 Å². The van der Waals surface area contributed by atoms with E-state index in [0.717, 1.165) is 48.5 Å². The Morgan fingerprint density at radius 3 is 0.917 bits per heavy atom. The van der Waals surface area contributed by atoms with E-state index in [9.17, 15) is 59.4 Å². The lowest BCUT2D eigenvalue weighted by molar-refractivity contribution is 0.0679. The third kappa shape index (κ3) is 4.46. The Balaban J connectivity index is 2.69. The van der Waals surface area contributed by atoms with E-state index in [1.54, 1.807) is 0 Å². The van der Waals surface area contributed by atoms with Gasteiger partial charge in [0, 0.05) is 11.1 Å². The summed E-state index contributed by atoms with van der Waals surface area (Å²) >= 11 is 0. The first-order valence-electron chi connectivity index (χ1n) is 9.70. The van der Waals surface area contributed by atoms with E-state index in [4.69, 9.17) is 0 Å². The van der Waals surface area contributed by atoms with E-state index in [-0.39, 0.29) is 0 Å². The fraction of sp³-hybridized carbons (Fsp3) is 0. The summed E-state index contributed by atoms with van der Waals surface area (Å²) in [6.07, 6.45) is 0. The molecule has 0 unspecified atom stereocenters. The Bertz CT molecular complexity index is 1390. The standard InChI is InChI=1S/C24H14O12/c25-19(26)9-1-3-11(21(29)30)15(7-9)17-13(23(33)34)5-6-14(24(35)36)18(17)16-8-10(20(27)28)2-4-12(16)22(31)32/h1-8H,(H,25,26)(H,27,28)(H,29,30)(H,31,32)(H,33,34)(H,35,36). The van der Waals surface area contributed by atoms with Crippen molar-refractivity contribution in [2.24, 2.45) is 0 Å². The average molecular weight is 494 g/mol. The highest BCUT2D eigenvalue weighted by molar-refractivity contribution is 6.14. The maximum absolute atomic E-state index is 12.1. The van der Waals surface area contributed by atoms with Gasteiger partial charge in [0.15, 0.2) is 0 Å². The van der Waals surface area contributed by atoms with Crippen LogP contribution < -0.4 is 0 Å². The van der Waals surface area contributed by atoms with Gasteiger partial charge >= 0.3 is 35.8 Å². The van der Waals surface area contributed by atoms with E-state index in [1.807, 2.05) is 0 Å². The zero-order chi connectivity index (χ0) is 26.9. The highest BCUT2D eigenvalue weighted by Crippen LogP contribution is 2.42. The van der Waals surface area contributed by atoms with E-state index in [1.165, 1.54) is 0 Å². The Kier molecular flexibility index (Phi) is 6.54. The van der Waals surface area contributed by atoms with Crippen LogP contribution in [0.3, 0.4) is 0 Å². The lowest BCUT2D eigenvalue weighted by Gasteiger charge is -2.20. The largest absolute Gasteiger partial charge is 0.478 e. The molecular weight excluding hydrogens is 480 g/mol. The molecule has 0 heterocycles. The summed E-state index contributed by atoms with van der Waals surface area (Å²) < 4.78 is 0. The van der Waals surface area contributed by atoms with Gasteiger partial charge in [0.25, 0.3) is 0 Å². The van der Waals surface area contributed by atoms with Crippen molar-refractivity contribution in [2.75, 3.05) is 0 Å². The van der Waals surface area contributed by atoms with Gasteiger partial charge in [-0.15, -0.1) is 0 Å². The first-order valence-corrected chi connectivity index (χ1v) is 9.70. The van der Waals surface area contributed by atoms with Gasteiger partial charge in [-0.1, -0.05) is 0 Å². The van der Waals surface area contributed by atoms with Crippen molar-refractivity contribution in [3.8, 4) is 22.3 Å². The Morgan fingerprint density at radius 2 is 0.667 bits per heavy atom. The summed E-state index contributed by atoms with van der Waals surface area (Å²) in [4.78, 5) is 71.3. The normalized spacial score (nSPS) is 10.4. The molecule has 0 radical (unpaired) electrons. The number of hydrogen-bond donors (Lipinski definition) is 6. The molecule has 0 saturated heterocycles. The Labute approximate surface area is 199 Å². The van der Waals surface area contributed by atoms with Crippen LogP contribution in [-0.2, 0) is 0 Å². The van der Waals surface area contributed by atoms with Crippen LogP contribution in [0.4, 0.5) is 0 Å².